The summed E-state index contributed by atoms with van der Waals surface area (Å²) in [5.41, 5.74) is 21.1. The lowest BCUT2D eigenvalue weighted by atomic mass is 9.73. The van der Waals surface area contributed by atoms with Gasteiger partial charge in [-0.2, -0.15) is 0 Å². The van der Waals surface area contributed by atoms with E-state index in [0.29, 0.717) is 5.69 Å². The third-order valence-corrected chi connectivity index (χ3v) is 10.1. The Morgan fingerprint density at radius 3 is 2.71 bits per heavy atom. The Morgan fingerprint density at radius 2 is 1.81 bits per heavy atom. The number of fused-ring (bicyclic) bond motifs is 3. The fourth-order valence-corrected chi connectivity index (χ4v) is 8.19. The Balaban J connectivity index is 1.21. The highest BCUT2D eigenvalue weighted by atomic mass is 32.2. The molecule has 6 aliphatic rings. The van der Waals surface area contributed by atoms with Gasteiger partial charge in [-0.3, -0.25) is 0 Å². The molecule has 0 saturated heterocycles. The molecule has 6 heteroatoms. The Labute approximate surface area is 251 Å². The van der Waals surface area contributed by atoms with Crippen LogP contribution in [0.3, 0.4) is 0 Å². The summed E-state index contributed by atoms with van der Waals surface area (Å²) in [5, 5.41) is 0. The van der Waals surface area contributed by atoms with E-state index < -0.39 is 5.54 Å². The van der Waals surface area contributed by atoms with Gasteiger partial charge in [0, 0.05) is 44.4 Å². The number of nitrogens with zero attached hydrogens (tertiary/aromatic N) is 2. The van der Waals surface area contributed by atoms with Gasteiger partial charge in [0.05, 0.1) is 22.8 Å². The summed E-state index contributed by atoms with van der Waals surface area (Å²) in [7, 11) is 0. The van der Waals surface area contributed by atoms with Crippen LogP contribution in [0.2, 0.25) is 0 Å². The minimum atomic E-state index is -0.557. The highest BCUT2D eigenvalue weighted by molar-refractivity contribution is 8.03. The van der Waals surface area contributed by atoms with Crippen LogP contribution in [0.15, 0.2) is 142 Å². The summed E-state index contributed by atoms with van der Waals surface area (Å²) >= 11 is 1.84. The second-order valence-corrected chi connectivity index (χ2v) is 12.8. The van der Waals surface area contributed by atoms with E-state index in [1.807, 2.05) is 23.9 Å². The van der Waals surface area contributed by atoms with Gasteiger partial charge in [-0.15, -0.1) is 0 Å². The van der Waals surface area contributed by atoms with Crippen molar-refractivity contribution in [2.24, 2.45) is 11.7 Å². The highest BCUT2D eigenvalue weighted by Gasteiger charge is 2.44. The van der Waals surface area contributed by atoms with E-state index in [1.54, 1.807) is 0 Å². The number of anilines is 3. The van der Waals surface area contributed by atoms with Crippen LogP contribution < -0.4 is 26.0 Å². The summed E-state index contributed by atoms with van der Waals surface area (Å²) in [6.45, 7) is 0. The number of hydrogen-bond donors (Lipinski definition) is 2. The minimum absolute atomic E-state index is 0.0824. The zero-order chi connectivity index (χ0) is 28.3. The van der Waals surface area contributed by atoms with Crippen molar-refractivity contribution >= 4 is 28.8 Å². The van der Waals surface area contributed by atoms with Crippen LogP contribution in [-0.4, -0.2) is 5.54 Å². The van der Waals surface area contributed by atoms with Crippen LogP contribution >= 0.6 is 11.8 Å². The normalized spacial score (nSPS) is 25.8. The van der Waals surface area contributed by atoms with Crippen LogP contribution in [0.4, 0.5) is 17.1 Å². The van der Waals surface area contributed by atoms with Crippen LogP contribution in [0, 0.1) is 5.92 Å². The molecule has 2 aromatic carbocycles. The highest BCUT2D eigenvalue weighted by Crippen LogP contribution is 2.53. The molecule has 2 aromatic rings. The molecule has 4 N–H and O–H groups in total. The molecule has 0 amide bonds. The molecule has 0 spiro atoms. The second kappa shape index (κ2) is 10.0. The number of hydrogen-bond acceptors (Lipinski definition) is 6. The largest absolute Gasteiger partial charge is 0.453 e. The fraction of sp³-hybridized carbons (Fsp3) is 0.222. The molecule has 42 heavy (non-hydrogen) atoms. The summed E-state index contributed by atoms with van der Waals surface area (Å²) in [5.74, 6) is 1.77. The Kier molecular flexibility index (Phi) is 6.09. The maximum atomic E-state index is 7.53. The lowest BCUT2D eigenvalue weighted by molar-refractivity contribution is 0.363. The molecule has 2 heterocycles. The average Bonchev–Trinajstić information content (AvgIpc) is 3.03. The third-order valence-electron chi connectivity index (χ3n) is 9.00. The van der Waals surface area contributed by atoms with Gasteiger partial charge < -0.3 is 26.0 Å². The van der Waals surface area contributed by atoms with Gasteiger partial charge in [0.15, 0.2) is 5.75 Å². The first-order valence-electron chi connectivity index (χ1n) is 14.9. The van der Waals surface area contributed by atoms with Gasteiger partial charge in [0.25, 0.3) is 0 Å². The molecule has 4 aliphatic carbocycles. The zero-order valence-electron chi connectivity index (χ0n) is 23.5. The predicted molar refractivity (Wildman–Crippen MR) is 174 cm³/mol. The summed E-state index contributed by atoms with van der Waals surface area (Å²) in [6.07, 6.45) is 28.0. The fourth-order valence-electron chi connectivity index (χ4n) is 6.98. The van der Waals surface area contributed by atoms with E-state index in [1.165, 1.54) is 38.3 Å². The van der Waals surface area contributed by atoms with Gasteiger partial charge in [-0.25, -0.2) is 0 Å². The summed E-state index contributed by atoms with van der Waals surface area (Å²) in [4.78, 5) is 7.38. The van der Waals surface area contributed by atoms with Crippen molar-refractivity contribution in [1.29, 1.82) is 0 Å². The SMILES string of the molecule is Nc1ccc2c(c1)OC1=C(CCC=C1)N2C1=CC=CCC1[C@]1(N)C=C2Sc3ccccc3N(C3=CC=CCC3)C2=CC1. The molecule has 2 aliphatic heterocycles. The third kappa shape index (κ3) is 4.12. The molecule has 0 fully saturated rings. The van der Waals surface area contributed by atoms with Crippen molar-refractivity contribution in [3.63, 3.8) is 0 Å². The number of nitrogen functional groups attached to an aromatic ring is 1. The molecule has 210 valence electrons. The first-order valence-corrected chi connectivity index (χ1v) is 15.7. The van der Waals surface area contributed by atoms with E-state index in [2.05, 4.69) is 101 Å². The van der Waals surface area contributed by atoms with Crippen LogP contribution in [0.5, 0.6) is 5.75 Å². The maximum absolute atomic E-state index is 7.53. The van der Waals surface area contributed by atoms with E-state index in [0.717, 1.165) is 55.7 Å². The molecule has 0 saturated carbocycles. The molecule has 0 bridgehead atoms. The van der Waals surface area contributed by atoms with Gasteiger partial charge in [-0.05, 0) is 87.1 Å². The number of para-hydroxylation sites is 1. The van der Waals surface area contributed by atoms with E-state index in [9.17, 15) is 0 Å². The second-order valence-electron chi connectivity index (χ2n) is 11.7. The number of nitrogens with two attached hydrogens (primary N) is 2. The van der Waals surface area contributed by atoms with Crippen molar-refractivity contribution in [2.45, 2.75) is 49.0 Å². The predicted octanol–water partition coefficient (Wildman–Crippen LogP) is 8.20. The minimum Gasteiger partial charge on any atom is -0.453 e. The maximum Gasteiger partial charge on any atom is 0.153 e. The van der Waals surface area contributed by atoms with Crippen LogP contribution in [-0.2, 0) is 0 Å². The Bertz CT molecular complexity index is 1740. The molecule has 0 radical (unpaired) electrons. The van der Waals surface area contributed by atoms with Crippen molar-refractivity contribution < 1.29 is 4.74 Å². The molecule has 2 atom stereocenters. The average molecular weight is 571 g/mol. The molecular formula is C36H34N4OS. The smallest absolute Gasteiger partial charge is 0.153 e. The monoisotopic (exact) mass is 570 g/mol. The molecular weight excluding hydrogens is 536 g/mol. The number of benzene rings is 2. The summed E-state index contributed by atoms with van der Waals surface area (Å²) < 4.78 is 6.37. The van der Waals surface area contributed by atoms with Crippen LogP contribution in [0.1, 0.15) is 38.5 Å². The van der Waals surface area contributed by atoms with Crippen molar-refractivity contribution in [3.05, 3.63) is 137 Å². The van der Waals surface area contributed by atoms with Gasteiger partial charge in [0.2, 0.25) is 0 Å². The first-order chi connectivity index (χ1) is 20.6. The lowest BCUT2D eigenvalue weighted by Gasteiger charge is -2.47. The van der Waals surface area contributed by atoms with Gasteiger partial charge in [-0.1, -0.05) is 60.4 Å². The Morgan fingerprint density at radius 1 is 0.929 bits per heavy atom. The van der Waals surface area contributed by atoms with E-state index in [4.69, 9.17) is 16.2 Å². The van der Waals surface area contributed by atoms with Gasteiger partial charge >= 0.3 is 0 Å². The van der Waals surface area contributed by atoms with Gasteiger partial charge in [0.1, 0.15) is 5.76 Å². The lowest BCUT2D eigenvalue weighted by Crippen LogP contribution is -2.51. The zero-order valence-corrected chi connectivity index (χ0v) is 24.3. The van der Waals surface area contributed by atoms with Crippen molar-refractivity contribution in [3.8, 4) is 5.75 Å². The molecule has 1 unspecified atom stereocenters. The van der Waals surface area contributed by atoms with Crippen LogP contribution in [0.25, 0.3) is 0 Å². The number of ether oxygens (including phenoxy) is 1. The topological polar surface area (TPSA) is 67.8 Å². The number of rotatable bonds is 3. The van der Waals surface area contributed by atoms with E-state index in [-0.39, 0.29) is 5.92 Å². The number of allylic oxidation sites excluding steroid dienone is 10. The molecule has 8 rings (SSSR count). The van der Waals surface area contributed by atoms with E-state index >= 15 is 0 Å². The molecule has 5 nitrogen and oxygen atoms in total. The van der Waals surface area contributed by atoms with Crippen molar-refractivity contribution in [1.82, 2.24) is 0 Å². The number of thioether (sulfide) groups is 1. The van der Waals surface area contributed by atoms with Crippen molar-refractivity contribution in [2.75, 3.05) is 15.5 Å². The first kappa shape index (κ1) is 25.6. The molecule has 0 aromatic heterocycles. The summed E-state index contributed by atoms with van der Waals surface area (Å²) in [6, 6.07) is 14.7. The standard InChI is InChI=1S/C36H34N4OS/c37-24-18-19-29-33(22-24)41-32-16-8-6-14-28(32)40(29)27-13-5-4-12-26(27)36(38)21-20-31-35(23-36)42-34-17-9-7-15-30(34)39(31)25-10-2-1-3-11-25/h1-2,4-5,7-10,13,15-20,22-23,26H,3,6,11-12,14,21,37-38H2/t26?,36-/m1/s1. The quantitative estimate of drug-likeness (QED) is 0.363. The Hall–Kier alpha value is -4.13.